The second-order valence-corrected chi connectivity index (χ2v) is 7.36. The maximum atomic E-state index is 12.2. The van der Waals surface area contributed by atoms with E-state index < -0.39 is 15.9 Å². The molecule has 3 rings (SSSR count). The van der Waals surface area contributed by atoms with E-state index in [1.165, 1.54) is 17.1 Å². The maximum Gasteiger partial charge on any atom is 0.267 e. The third kappa shape index (κ3) is 2.89. The van der Waals surface area contributed by atoms with Gasteiger partial charge in [-0.2, -0.15) is 5.10 Å². The molecule has 1 saturated carbocycles. The highest BCUT2D eigenvalue weighted by molar-refractivity contribution is 7.90. The first kappa shape index (κ1) is 14.8. The van der Waals surface area contributed by atoms with Crippen LogP contribution in [0.5, 0.6) is 0 Å². The molecule has 0 aliphatic heterocycles. The molecule has 0 unspecified atom stereocenters. The molecule has 1 aliphatic rings. The molecule has 1 fully saturated rings. The minimum Gasteiger partial charge on any atom is -0.274 e. The molecule has 0 bridgehead atoms. The third-order valence-electron chi connectivity index (χ3n) is 3.82. The Morgan fingerprint density at radius 3 is 2.82 bits per heavy atom. The molecule has 1 aromatic heterocycles. The number of carbonyl (C=O) groups is 1. The van der Waals surface area contributed by atoms with Gasteiger partial charge in [-0.15, -0.1) is 0 Å². The van der Waals surface area contributed by atoms with Crippen molar-refractivity contribution in [3.05, 3.63) is 47.8 Å². The zero-order valence-corrected chi connectivity index (χ0v) is 13.2. The summed E-state index contributed by atoms with van der Waals surface area (Å²) < 4.78 is 27.7. The normalized spacial score (nSPS) is 20.6. The van der Waals surface area contributed by atoms with Crippen LogP contribution in [0.15, 0.2) is 41.6 Å². The molecule has 2 aromatic rings. The number of carbonyl (C=O) groups excluding carboxylic acids is 1. The molecular weight excluding hydrogens is 302 g/mol. The van der Waals surface area contributed by atoms with Crippen LogP contribution >= 0.6 is 0 Å². The first-order chi connectivity index (χ1) is 10.4. The molecule has 0 saturated heterocycles. The van der Waals surface area contributed by atoms with Crippen molar-refractivity contribution < 1.29 is 13.2 Å². The summed E-state index contributed by atoms with van der Waals surface area (Å²) in [5.74, 6) is -0.632. The van der Waals surface area contributed by atoms with Crippen molar-refractivity contribution in [3.63, 3.8) is 0 Å². The quantitative estimate of drug-likeness (QED) is 0.922. The van der Waals surface area contributed by atoms with Crippen LogP contribution in [0.4, 0.5) is 0 Å². The van der Waals surface area contributed by atoms with Crippen molar-refractivity contribution >= 4 is 15.9 Å². The maximum absolute atomic E-state index is 12.2. The lowest BCUT2D eigenvalue weighted by molar-refractivity contribution is -0.120. The Kier molecular flexibility index (Phi) is 3.52. The zero-order chi connectivity index (χ0) is 15.9. The van der Waals surface area contributed by atoms with Crippen molar-refractivity contribution in [3.8, 4) is 0 Å². The highest BCUT2D eigenvalue weighted by Crippen LogP contribution is 2.47. The monoisotopic (exact) mass is 319 g/mol. The summed E-state index contributed by atoms with van der Waals surface area (Å²) >= 11 is 0. The van der Waals surface area contributed by atoms with Gasteiger partial charge in [0.15, 0.2) is 0 Å². The number of amides is 1. The number of aryl methyl sites for hydroxylation is 2. The van der Waals surface area contributed by atoms with Gasteiger partial charge in [0.1, 0.15) is 4.90 Å². The molecule has 1 aromatic carbocycles. The molecule has 22 heavy (non-hydrogen) atoms. The summed E-state index contributed by atoms with van der Waals surface area (Å²) in [6.07, 6.45) is 3.26. The fourth-order valence-electron chi connectivity index (χ4n) is 2.56. The Hall–Kier alpha value is -2.15. The van der Waals surface area contributed by atoms with Gasteiger partial charge in [-0.3, -0.25) is 9.48 Å². The van der Waals surface area contributed by atoms with Crippen LogP contribution in [0.1, 0.15) is 23.5 Å². The molecule has 116 valence electrons. The van der Waals surface area contributed by atoms with Crippen molar-refractivity contribution in [2.45, 2.75) is 24.2 Å². The average Bonchev–Trinajstić information content (AvgIpc) is 3.13. The predicted octanol–water partition coefficient (Wildman–Crippen LogP) is 1.34. The fourth-order valence-corrected chi connectivity index (χ4v) is 3.57. The van der Waals surface area contributed by atoms with E-state index >= 15 is 0 Å². The molecule has 1 aliphatic carbocycles. The van der Waals surface area contributed by atoms with E-state index in [1.807, 2.05) is 31.2 Å². The Morgan fingerprint density at radius 2 is 2.18 bits per heavy atom. The number of nitrogens with one attached hydrogen (secondary N) is 1. The van der Waals surface area contributed by atoms with Gasteiger partial charge in [-0.25, -0.2) is 13.1 Å². The number of nitrogens with zero attached hydrogens (tertiary/aromatic N) is 2. The number of hydrogen-bond acceptors (Lipinski definition) is 4. The van der Waals surface area contributed by atoms with Crippen LogP contribution in [-0.2, 0) is 21.9 Å². The van der Waals surface area contributed by atoms with Gasteiger partial charge in [-0.05, 0) is 24.8 Å². The number of sulfonamides is 1. The first-order valence-electron chi connectivity index (χ1n) is 6.99. The highest BCUT2D eigenvalue weighted by Gasteiger charge is 2.45. The topological polar surface area (TPSA) is 81.1 Å². The van der Waals surface area contributed by atoms with Crippen LogP contribution in [0.2, 0.25) is 0 Å². The third-order valence-corrected chi connectivity index (χ3v) is 5.13. The smallest absolute Gasteiger partial charge is 0.267 e. The van der Waals surface area contributed by atoms with Crippen molar-refractivity contribution in [1.82, 2.24) is 14.5 Å². The lowest BCUT2D eigenvalue weighted by Crippen LogP contribution is -2.31. The second kappa shape index (κ2) is 5.24. The molecule has 1 N–H and O–H groups in total. The van der Waals surface area contributed by atoms with Crippen LogP contribution in [-0.4, -0.2) is 24.1 Å². The van der Waals surface area contributed by atoms with Gasteiger partial charge in [0, 0.05) is 19.2 Å². The summed E-state index contributed by atoms with van der Waals surface area (Å²) in [4.78, 5) is 12.1. The Bertz CT molecular complexity index is 826. The largest absolute Gasteiger partial charge is 0.274 e. The Morgan fingerprint density at radius 1 is 1.41 bits per heavy atom. The summed E-state index contributed by atoms with van der Waals surface area (Å²) in [5.41, 5.74) is 2.21. The molecular formula is C15H17N3O3S. The summed E-state index contributed by atoms with van der Waals surface area (Å²) in [6, 6.07) is 7.95. The number of benzene rings is 1. The van der Waals surface area contributed by atoms with Crippen LogP contribution < -0.4 is 4.72 Å². The van der Waals surface area contributed by atoms with Crippen molar-refractivity contribution in [1.29, 1.82) is 0 Å². The van der Waals surface area contributed by atoms with Crippen LogP contribution in [0, 0.1) is 12.8 Å². The number of aromatic nitrogens is 2. The molecule has 1 heterocycles. The average molecular weight is 319 g/mol. The standard InChI is InChI=1S/C15H17N3O3S/c1-10-4-3-5-11(6-10)13-7-14(13)15(19)17-22(20,21)12-8-16-18(2)9-12/h3-6,8-9,13-14H,7H2,1-2H3,(H,17,19)/t13-,14-/m1/s1. The van der Waals surface area contributed by atoms with E-state index in [0.29, 0.717) is 6.42 Å². The van der Waals surface area contributed by atoms with Gasteiger partial charge >= 0.3 is 0 Å². The van der Waals surface area contributed by atoms with E-state index in [4.69, 9.17) is 0 Å². The predicted molar refractivity (Wildman–Crippen MR) is 80.6 cm³/mol. The van der Waals surface area contributed by atoms with Gasteiger partial charge in [0.2, 0.25) is 5.91 Å². The first-order valence-corrected chi connectivity index (χ1v) is 8.47. The minimum absolute atomic E-state index is 0.00361. The van der Waals surface area contributed by atoms with E-state index in [-0.39, 0.29) is 16.7 Å². The summed E-state index contributed by atoms with van der Waals surface area (Å²) in [7, 11) is -2.22. The highest BCUT2D eigenvalue weighted by atomic mass is 32.2. The van der Waals surface area contributed by atoms with E-state index in [0.717, 1.165) is 11.1 Å². The minimum atomic E-state index is -3.84. The zero-order valence-electron chi connectivity index (χ0n) is 12.4. The SMILES string of the molecule is Cc1cccc([C@H]2C[C@H]2C(=O)NS(=O)(=O)c2cnn(C)c2)c1. The van der Waals surface area contributed by atoms with Gasteiger partial charge < -0.3 is 0 Å². The lowest BCUT2D eigenvalue weighted by atomic mass is 10.1. The summed E-state index contributed by atoms with van der Waals surface area (Å²) in [6.45, 7) is 1.99. The molecule has 1 amide bonds. The Balaban J connectivity index is 1.69. The molecule has 7 heteroatoms. The van der Waals surface area contributed by atoms with Crippen LogP contribution in [0.3, 0.4) is 0 Å². The Labute approximate surface area is 129 Å². The van der Waals surface area contributed by atoms with Crippen LogP contribution in [0.25, 0.3) is 0 Å². The summed E-state index contributed by atoms with van der Waals surface area (Å²) in [5, 5.41) is 3.81. The second-order valence-electron chi connectivity index (χ2n) is 5.68. The molecule has 0 radical (unpaired) electrons. The van der Waals surface area contributed by atoms with E-state index in [2.05, 4.69) is 9.82 Å². The van der Waals surface area contributed by atoms with E-state index in [9.17, 15) is 13.2 Å². The van der Waals surface area contributed by atoms with Crippen molar-refractivity contribution in [2.75, 3.05) is 0 Å². The molecule has 2 atom stereocenters. The van der Waals surface area contributed by atoms with Gasteiger partial charge in [0.05, 0.1) is 6.20 Å². The van der Waals surface area contributed by atoms with Crippen molar-refractivity contribution in [2.24, 2.45) is 13.0 Å². The van der Waals surface area contributed by atoms with E-state index in [1.54, 1.807) is 7.05 Å². The van der Waals surface area contributed by atoms with Gasteiger partial charge in [-0.1, -0.05) is 29.8 Å². The fraction of sp³-hybridized carbons (Fsp3) is 0.333. The number of hydrogen-bond donors (Lipinski definition) is 1. The van der Waals surface area contributed by atoms with Gasteiger partial charge in [0.25, 0.3) is 10.0 Å². The number of rotatable bonds is 4. The lowest BCUT2D eigenvalue weighted by Gasteiger charge is -2.05. The molecule has 6 nitrogen and oxygen atoms in total. The molecule has 0 spiro atoms.